The van der Waals surface area contributed by atoms with E-state index in [2.05, 4.69) is 9.97 Å². The molecule has 0 aliphatic carbocycles. The predicted molar refractivity (Wildman–Crippen MR) is 124 cm³/mol. The van der Waals surface area contributed by atoms with Crippen molar-refractivity contribution in [1.29, 1.82) is 0 Å². The number of nitrogens with zero attached hydrogens (tertiary/aromatic N) is 3. The Hall–Kier alpha value is -2.77. The van der Waals surface area contributed by atoms with Crippen LogP contribution in [0.1, 0.15) is 20.8 Å². The smallest absolute Gasteiger partial charge is 0.410 e. The highest BCUT2D eigenvalue weighted by Gasteiger charge is 2.24. The van der Waals surface area contributed by atoms with Gasteiger partial charge < -0.3 is 19.5 Å². The van der Waals surface area contributed by atoms with Crippen molar-refractivity contribution in [1.82, 2.24) is 14.9 Å². The number of carbonyl (C=O) groups excluding carboxylic acids is 2. The molecule has 0 saturated carbocycles. The van der Waals surface area contributed by atoms with Crippen LogP contribution in [0.4, 0.5) is 10.5 Å². The van der Waals surface area contributed by atoms with Gasteiger partial charge in [0, 0.05) is 19.7 Å². The van der Waals surface area contributed by atoms with E-state index >= 15 is 0 Å². The van der Waals surface area contributed by atoms with E-state index in [4.69, 9.17) is 27.9 Å². The summed E-state index contributed by atoms with van der Waals surface area (Å²) < 4.78 is 5.31. The zero-order chi connectivity index (χ0) is 22.9. The third-order valence-corrected chi connectivity index (χ3v) is 5.22. The first-order chi connectivity index (χ1) is 14.5. The van der Waals surface area contributed by atoms with E-state index < -0.39 is 11.7 Å². The number of amides is 2. The summed E-state index contributed by atoms with van der Waals surface area (Å²) in [5.74, 6) is 0.298. The number of H-pyrrole nitrogens is 1. The third-order valence-electron chi connectivity index (χ3n) is 4.50. The molecule has 3 rings (SSSR count). The molecule has 164 valence electrons. The zero-order valence-corrected chi connectivity index (χ0v) is 19.5. The number of anilines is 1. The van der Waals surface area contributed by atoms with Gasteiger partial charge in [0.25, 0.3) is 0 Å². The number of carbonyl (C=O) groups is 2. The topological polar surface area (TPSA) is 78.5 Å². The predicted octanol–water partition coefficient (Wildman–Crippen LogP) is 5.37. The quantitative estimate of drug-likeness (QED) is 0.565. The fraction of sp³-hybridized carbons (Fsp3) is 0.318. The largest absolute Gasteiger partial charge is 0.444 e. The number of nitrogens with one attached hydrogen (secondary N) is 1. The number of aromatic nitrogens is 2. The Morgan fingerprint density at radius 1 is 1.10 bits per heavy atom. The van der Waals surface area contributed by atoms with Crippen LogP contribution < -0.4 is 4.90 Å². The fourth-order valence-electron chi connectivity index (χ4n) is 2.95. The molecule has 7 nitrogen and oxygen atoms in total. The summed E-state index contributed by atoms with van der Waals surface area (Å²) in [7, 11) is 3.18. The van der Waals surface area contributed by atoms with Gasteiger partial charge in [0.1, 0.15) is 18.0 Å². The number of aromatic amines is 1. The van der Waals surface area contributed by atoms with Crippen LogP contribution in [0.5, 0.6) is 0 Å². The van der Waals surface area contributed by atoms with Gasteiger partial charge in [0.2, 0.25) is 5.91 Å². The number of para-hydroxylation sites is 1. The van der Waals surface area contributed by atoms with Crippen LogP contribution in [0.15, 0.2) is 36.4 Å². The summed E-state index contributed by atoms with van der Waals surface area (Å²) in [6, 6.07) is 10.8. The molecule has 31 heavy (non-hydrogen) atoms. The number of imidazole rings is 1. The van der Waals surface area contributed by atoms with Crippen molar-refractivity contribution < 1.29 is 14.3 Å². The lowest BCUT2D eigenvalue weighted by Gasteiger charge is -2.26. The SMILES string of the molecule is CN(CC(=O)N(C)c1ccccc1-c1nc2cc(Cl)c(Cl)cc2[nH]1)C(=O)OC(C)(C)C. The molecular weight excluding hydrogens is 439 g/mol. The van der Waals surface area contributed by atoms with Crippen LogP contribution in [-0.4, -0.2) is 53.1 Å². The van der Waals surface area contributed by atoms with Gasteiger partial charge in [-0.2, -0.15) is 0 Å². The average Bonchev–Trinajstić information content (AvgIpc) is 3.08. The van der Waals surface area contributed by atoms with Crippen molar-refractivity contribution in [3.63, 3.8) is 0 Å². The van der Waals surface area contributed by atoms with Crippen molar-refractivity contribution in [2.45, 2.75) is 26.4 Å². The lowest BCUT2D eigenvalue weighted by molar-refractivity contribution is -0.119. The number of hydrogen-bond acceptors (Lipinski definition) is 4. The van der Waals surface area contributed by atoms with Gasteiger partial charge in [-0.05, 0) is 45.0 Å². The Morgan fingerprint density at radius 3 is 2.42 bits per heavy atom. The van der Waals surface area contributed by atoms with Gasteiger partial charge >= 0.3 is 6.09 Å². The van der Waals surface area contributed by atoms with E-state index in [0.29, 0.717) is 27.1 Å². The number of hydrogen-bond donors (Lipinski definition) is 1. The Morgan fingerprint density at radius 2 is 1.74 bits per heavy atom. The normalized spacial score (nSPS) is 11.5. The maximum absolute atomic E-state index is 12.9. The second kappa shape index (κ2) is 8.77. The number of halogens is 2. The number of benzene rings is 2. The molecule has 0 spiro atoms. The summed E-state index contributed by atoms with van der Waals surface area (Å²) in [4.78, 5) is 35.6. The summed E-state index contributed by atoms with van der Waals surface area (Å²) in [5.41, 5.74) is 2.12. The molecule has 0 unspecified atom stereocenters. The van der Waals surface area contributed by atoms with Gasteiger partial charge in [0.15, 0.2) is 0 Å². The molecule has 1 N–H and O–H groups in total. The third kappa shape index (κ3) is 5.29. The minimum absolute atomic E-state index is 0.134. The van der Waals surface area contributed by atoms with Crippen LogP contribution in [-0.2, 0) is 9.53 Å². The summed E-state index contributed by atoms with van der Waals surface area (Å²) in [5, 5.41) is 0.841. The molecule has 1 heterocycles. The molecule has 2 amide bonds. The van der Waals surface area contributed by atoms with E-state index in [1.165, 1.54) is 16.8 Å². The van der Waals surface area contributed by atoms with Gasteiger partial charge in [-0.3, -0.25) is 4.79 Å². The maximum Gasteiger partial charge on any atom is 0.410 e. The number of ether oxygens (including phenoxy) is 1. The van der Waals surface area contributed by atoms with Crippen LogP contribution in [0.3, 0.4) is 0 Å². The molecule has 9 heteroatoms. The minimum atomic E-state index is -0.639. The minimum Gasteiger partial charge on any atom is -0.444 e. The number of rotatable bonds is 4. The first-order valence-corrected chi connectivity index (χ1v) is 10.4. The highest BCUT2D eigenvalue weighted by atomic mass is 35.5. The van der Waals surface area contributed by atoms with Crippen molar-refractivity contribution >= 4 is 51.9 Å². The lowest BCUT2D eigenvalue weighted by atomic mass is 10.1. The molecular formula is C22H24Cl2N4O3. The second-order valence-corrected chi connectivity index (χ2v) is 8.99. The maximum atomic E-state index is 12.9. The Balaban J connectivity index is 1.86. The number of fused-ring (bicyclic) bond motifs is 1. The Labute approximate surface area is 190 Å². The summed E-state index contributed by atoms with van der Waals surface area (Å²) in [6.45, 7) is 5.19. The standard InChI is InChI=1S/C22H24Cl2N4O3/c1-22(2,3)31-21(30)27(4)12-19(29)28(5)18-9-7-6-8-13(18)20-25-16-10-14(23)15(24)11-17(16)26-20/h6-11H,12H2,1-5H3,(H,25,26). The molecule has 2 aromatic carbocycles. The second-order valence-electron chi connectivity index (χ2n) is 8.18. The lowest BCUT2D eigenvalue weighted by Crippen LogP contribution is -2.41. The molecule has 0 aliphatic heterocycles. The molecule has 1 aromatic heterocycles. The Bertz CT molecular complexity index is 1100. The van der Waals surface area contributed by atoms with Crippen LogP contribution >= 0.6 is 23.2 Å². The first kappa shape index (κ1) is 22.9. The van der Waals surface area contributed by atoms with Gasteiger partial charge in [0.05, 0.1) is 26.8 Å². The molecule has 3 aromatic rings. The van der Waals surface area contributed by atoms with Crippen molar-refractivity contribution in [3.8, 4) is 11.4 Å². The summed E-state index contributed by atoms with van der Waals surface area (Å²) in [6.07, 6.45) is -0.562. The molecule has 0 aliphatic rings. The van der Waals surface area contributed by atoms with Crippen molar-refractivity contribution in [3.05, 3.63) is 46.4 Å². The monoisotopic (exact) mass is 462 g/mol. The van der Waals surface area contributed by atoms with Gasteiger partial charge in [-0.25, -0.2) is 9.78 Å². The average molecular weight is 463 g/mol. The first-order valence-electron chi connectivity index (χ1n) is 9.61. The summed E-state index contributed by atoms with van der Waals surface area (Å²) >= 11 is 12.2. The molecule has 0 atom stereocenters. The van der Waals surface area contributed by atoms with E-state index in [1.807, 2.05) is 24.3 Å². The van der Waals surface area contributed by atoms with Crippen molar-refractivity contribution in [2.24, 2.45) is 0 Å². The highest BCUT2D eigenvalue weighted by molar-refractivity contribution is 6.42. The fourth-order valence-corrected chi connectivity index (χ4v) is 3.27. The molecule has 0 bridgehead atoms. The zero-order valence-electron chi connectivity index (χ0n) is 18.0. The van der Waals surface area contributed by atoms with Gasteiger partial charge in [-0.15, -0.1) is 0 Å². The molecule has 0 fully saturated rings. The highest BCUT2D eigenvalue weighted by Crippen LogP contribution is 2.32. The van der Waals surface area contributed by atoms with Crippen molar-refractivity contribution in [2.75, 3.05) is 25.5 Å². The van der Waals surface area contributed by atoms with Gasteiger partial charge in [-0.1, -0.05) is 35.3 Å². The van der Waals surface area contributed by atoms with E-state index in [-0.39, 0.29) is 12.5 Å². The molecule has 0 radical (unpaired) electrons. The van der Waals surface area contributed by atoms with E-state index in [9.17, 15) is 9.59 Å². The molecule has 0 saturated heterocycles. The van der Waals surface area contributed by atoms with Crippen LogP contribution in [0.2, 0.25) is 10.0 Å². The van der Waals surface area contributed by atoms with Crippen LogP contribution in [0, 0.1) is 0 Å². The Kier molecular flexibility index (Phi) is 6.48. The van der Waals surface area contributed by atoms with E-state index in [0.717, 1.165) is 11.1 Å². The van der Waals surface area contributed by atoms with E-state index in [1.54, 1.807) is 40.0 Å². The van der Waals surface area contributed by atoms with Crippen LogP contribution in [0.25, 0.3) is 22.4 Å². The number of likely N-dealkylation sites (N-methyl/N-ethyl adjacent to an activating group) is 2.